The average molecular weight is 402 g/mol. The Hall–Kier alpha value is -3.62. The fraction of sp³-hybridized carbons (Fsp3) is 0.250. The van der Waals surface area contributed by atoms with Crippen molar-refractivity contribution < 1.29 is 32.7 Å². The number of benzene rings is 1. The summed E-state index contributed by atoms with van der Waals surface area (Å²) in [5, 5.41) is 5.04. The highest BCUT2D eigenvalue weighted by Crippen LogP contribution is 2.28. The van der Waals surface area contributed by atoms with E-state index in [1.165, 1.54) is 24.5 Å². The Morgan fingerprint density at radius 1 is 1.17 bits per heavy atom. The Morgan fingerprint density at radius 3 is 2.66 bits per heavy atom. The summed E-state index contributed by atoms with van der Waals surface area (Å²) in [5.74, 6) is -1.61. The fourth-order valence-corrected chi connectivity index (χ4v) is 2.85. The molecule has 2 amide bonds. The van der Waals surface area contributed by atoms with Gasteiger partial charge < -0.3 is 24.5 Å². The number of carbonyl (C=O) groups excluding carboxylic acids is 3. The van der Waals surface area contributed by atoms with E-state index in [4.69, 9.17) is 13.9 Å². The van der Waals surface area contributed by atoms with Gasteiger partial charge in [0.15, 0.2) is 0 Å². The van der Waals surface area contributed by atoms with E-state index in [0.29, 0.717) is 5.76 Å². The number of nitrogens with one attached hydrogen (secondary N) is 2. The first-order valence-corrected chi connectivity index (χ1v) is 8.89. The molecule has 1 atom stereocenters. The van der Waals surface area contributed by atoms with Gasteiger partial charge in [-0.25, -0.2) is 14.0 Å². The Labute approximate surface area is 165 Å². The minimum Gasteiger partial charge on any atom is -0.467 e. The minimum atomic E-state index is -0.905. The molecule has 152 valence electrons. The van der Waals surface area contributed by atoms with Crippen LogP contribution >= 0.6 is 0 Å². The topological polar surface area (TPSA) is 107 Å². The molecule has 3 rings (SSSR count). The molecule has 2 N–H and O–H groups in total. The van der Waals surface area contributed by atoms with Crippen molar-refractivity contribution in [1.29, 1.82) is 0 Å². The van der Waals surface area contributed by atoms with E-state index >= 15 is 0 Å². The molecule has 9 heteroatoms. The van der Waals surface area contributed by atoms with Gasteiger partial charge >= 0.3 is 18.0 Å². The SMILES string of the molecule is CCOC(=O)C1=C(COC(=O)Cc2ccccc2F)NC(=O)N[C@@H]1c1ccco1. The van der Waals surface area contributed by atoms with Gasteiger partial charge in [-0.15, -0.1) is 0 Å². The number of amides is 2. The van der Waals surface area contributed by atoms with Crippen LogP contribution in [-0.2, 0) is 25.5 Å². The van der Waals surface area contributed by atoms with Gasteiger partial charge in [-0.2, -0.15) is 0 Å². The predicted octanol–water partition coefficient (Wildman–Crippen LogP) is 2.38. The van der Waals surface area contributed by atoms with Crippen LogP contribution in [0.3, 0.4) is 0 Å². The molecule has 29 heavy (non-hydrogen) atoms. The van der Waals surface area contributed by atoms with Crippen molar-refractivity contribution in [2.45, 2.75) is 19.4 Å². The molecule has 0 radical (unpaired) electrons. The van der Waals surface area contributed by atoms with Crippen LogP contribution < -0.4 is 10.6 Å². The molecule has 0 aliphatic carbocycles. The van der Waals surface area contributed by atoms with Crippen LogP contribution in [0.1, 0.15) is 24.3 Å². The highest BCUT2D eigenvalue weighted by atomic mass is 19.1. The van der Waals surface area contributed by atoms with Crippen LogP contribution in [0, 0.1) is 5.82 Å². The van der Waals surface area contributed by atoms with E-state index < -0.39 is 36.4 Å². The van der Waals surface area contributed by atoms with Gasteiger partial charge in [0.1, 0.15) is 24.2 Å². The van der Waals surface area contributed by atoms with E-state index in [9.17, 15) is 18.8 Å². The Kier molecular flexibility index (Phi) is 6.28. The lowest BCUT2D eigenvalue weighted by molar-refractivity contribution is -0.143. The van der Waals surface area contributed by atoms with Gasteiger partial charge in [0.2, 0.25) is 0 Å². The summed E-state index contributed by atoms with van der Waals surface area (Å²) in [6, 6.07) is 7.54. The van der Waals surface area contributed by atoms with Crippen LogP contribution in [0.5, 0.6) is 0 Å². The minimum absolute atomic E-state index is 0.0556. The number of ether oxygens (including phenoxy) is 2. The van der Waals surface area contributed by atoms with Crippen LogP contribution in [0.4, 0.5) is 9.18 Å². The van der Waals surface area contributed by atoms with Gasteiger partial charge in [0.05, 0.1) is 30.6 Å². The van der Waals surface area contributed by atoms with E-state index in [1.54, 1.807) is 25.1 Å². The van der Waals surface area contributed by atoms with Gasteiger partial charge in [0, 0.05) is 0 Å². The first kappa shape index (κ1) is 20.1. The lowest BCUT2D eigenvalue weighted by Gasteiger charge is -2.27. The number of rotatable bonds is 7. The summed E-state index contributed by atoms with van der Waals surface area (Å²) in [7, 11) is 0. The maximum absolute atomic E-state index is 13.7. The second kappa shape index (κ2) is 9.05. The number of carbonyl (C=O) groups is 3. The van der Waals surface area contributed by atoms with Gasteiger partial charge in [-0.1, -0.05) is 18.2 Å². The molecule has 0 saturated heterocycles. The van der Waals surface area contributed by atoms with Gasteiger partial charge in [-0.05, 0) is 30.7 Å². The standard InChI is InChI=1S/C20H19FN2O6/c1-2-27-19(25)17-14(22-20(26)23-18(17)15-8-5-9-28-15)11-29-16(24)10-12-6-3-4-7-13(12)21/h3-9,18H,2,10-11H2,1H3,(H2,22,23,26)/t18-/m1/s1. The molecule has 1 aromatic carbocycles. The molecule has 0 spiro atoms. The van der Waals surface area contributed by atoms with Crippen LogP contribution in [0.2, 0.25) is 0 Å². The Morgan fingerprint density at radius 2 is 1.97 bits per heavy atom. The number of hydrogen-bond donors (Lipinski definition) is 2. The molecule has 0 unspecified atom stereocenters. The molecule has 8 nitrogen and oxygen atoms in total. The normalized spacial score (nSPS) is 16.1. The van der Waals surface area contributed by atoms with Crippen molar-refractivity contribution in [3.05, 3.63) is 71.1 Å². The molecule has 2 heterocycles. The number of urea groups is 1. The highest BCUT2D eigenvalue weighted by molar-refractivity contribution is 5.95. The molecule has 1 aliphatic heterocycles. The largest absolute Gasteiger partial charge is 0.467 e. The quantitative estimate of drug-likeness (QED) is 0.689. The number of hydrogen-bond acceptors (Lipinski definition) is 6. The maximum atomic E-state index is 13.7. The lowest BCUT2D eigenvalue weighted by Crippen LogP contribution is -2.47. The maximum Gasteiger partial charge on any atom is 0.338 e. The Bertz CT molecular complexity index is 938. The van der Waals surface area contributed by atoms with Crippen molar-refractivity contribution in [2.75, 3.05) is 13.2 Å². The molecule has 1 aliphatic rings. The average Bonchev–Trinajstić information content (AvgIpc) is 3.22. The van der Waals surface area contributed by atoms with E-state index in [2.05, 4.69) is 10.6 Å². The smallest absolute Gasteiger partial charge is 0.338 e. The third-order valence-corrected chi connectivity index (χ3v) is 4.15. The zero-order chi connectivity index (χ0) is 20.8. The van der Waals surface area contributed by atoms with Crippen LogP contribution in [0.15, 0.2) is 58.3 Å². The number of halogens is 1. The number of esters is 2. The predicted molar refractivity (Wildman–Crippen MR) is 97.8 cm³/mol. The van der Waals surface area contributed by atoms with Gasteiger partial charge in [-0.3, -0.25) is 4.79 Å². The zero-order valence-electron chi connectivity index (χ0n) is 15.6. The van der Waals surface area contributed by atoms with Crippen molar-refractivity contribution >= 4 is 18.0 Å². The summed E-state index contributed by atoms with van der Waals surface area (Å²) in [4.78, 5) is 36.7. The fourth-order valence-electron chi connectivity index (χ4n) is 2.85. The highest BCUT2D eigenvalue weighted by Gasteiger charge is 2.35. The Balaban J connectivity index is 1.81. The molecular formula is C20H19FN2O6. The first-order chi connectivity index (χ1) is 14.0. The summed E-state index contributed by atoms with van der Waals surface area (Å²) >= 11 is 0. The monoisotopic (exact) mass is 402 g/mol. The lowest BCUT2D eigenvalue weighted by atomic mass is 10.0. The summed E-state index contributed by atoms with van der Waals surface area (Å²) in [6.45, 7) is 1.36. The zero-order valence-corrected chi connectivity index (χ0v) is 15.6. The summed E-state index contributed by atoms with van der Waals surface area (Å²) in [5.41, 5.74) is 0.301. The summed E-state index contributed by atoms with van der Waals surface area (Å²) < 4.78 is 29.3. The van der Waals surface area contributed by atoms with E-state index in [1.807, 2.05) is 0 Å². The summed E-state index contributed by atoms with van der Waals surface area (Å²) in [6.07, 6.45) is 1.11. The third-order valence-electron chi connectivity index (χ3n) is 4.15. The molecule has 1 aromatic heterocycles. The van der Waals surface area contributed by atoms with Gasteiger partial charge in [0.25, 0.3) is 0 Å². The number of furan rings is 1. The second-order valence-corrected chi connectivity index (χ2v) is 6.09. The molecule has 0 bridgehead atoms. The second-order valence-electron chi connectivity index (χ2n) is 6.09. The van der Waals surface area contributed by atoms with Crippen LogP contribution in [-0.4, -0.2) is 31.2 Å². The molecular weight excluding hydrogens is 383 g/mol. The first-order valence-electron chi connectivity index (χ1n) is 8.89. The van der Waals surface area contributed by atoms with E-state index in [0.717, 1.165) is 0 Å². The third kappa shape index (κ3) is 4.81. The molecule has 0 fully saturated rings. The molecule has 2 aromatic rings. The van der Waals surface area contributed by atoms with Crippen molar-refractivity contribution in [3.63, 3.8) is 0 Å². The van der Waals surface area contributed by atoms with Crippen molar-refractivity contribution in [2.24, 2.45) is 0 Å². The molecule has 0 saturated carbocycles. The van der Waals surface area contributed by atoms with Crippen LogP contribution in [0.25, 0.3) is 0 Å². The van der Waals surface area contributed by atoms with Crippen molar-refractivity contribution in [3.8, 4) is 0 Å². The van der Waals surface area contributed by atoms with E-state index in [-0.39, 0.29) is 29.9 Å². The van der Waals surface area contributed by atoms with Crippen molar-refractivity contribution in [1.82, 2.24) is 10.6 Å².